The maximum atomic E-state index is 13.7. The van der Waals surface area contributed by atoms with E-state index in [4.69, 9.17) is 0 Å². The lowest BCUT2D eigenvalue weighted by atomic mass is 9.87. The molecule has 6 amide bonds. The normalized spacial score (nSPS) is 14.3. The second-order valence-electron chi connectivity index (χ2n) is 20.0. The van der Waals surface area contributed by atoms with Crippen LogP contribution in [0.5, 0.6) is 0 Å². The maximum absolute atomic E-state index is 13.7. The Labute approximate surface area is 473 Å². The highest BCUT2D eigenvalue weighted by Crippen LogP contribution is 2.31. The monoisotopic (exact) mass is 1100 g/mol. The third kappa shape index (κ3) is 18.1. The molecule has 17 nitrogen and oxygen atoms in total. The van der Waals surface area contributed by atoms with Crippen molar-refractivity contribution in [3.05, 3.63) is 191 Å². The van der Waals surface area contributed by atoms with E-state index >= 15 is 0 Å². The van der Waals surface area contributed by atoms with Crippen LogP contribution in [0, 0.1) is 0 Å². The van der Waals surface area contributed by atoms with Gasteiger partial charge in [0, 0.05) is 69.5 Å². The summed E-state index contributed by atoms with van der Waals surface area (Å²) in [6, 6.07) is 41.1. The van der Waals surface area contributed by atoms with Crippen LogP contribution in [-0.4, -0.2) is 118 Å². The minimum Gasteiger partial charge on any atom is -0.466 e. The molecule has 5 N–H and O–H groups in total. The topological polar surface area (TPSA) is 222 Å². The predicted octanol–water partition coefficient (Wildman–Crippen LogP) is 7.56. The lowest BCUT2D eigenvalue weighted by molar-refractivity contribution is -0.136. The van der Waals surface area contributed by atoms with Crippen LogP contribution in [0.4, 0.5) is 0 Å². The summed E-state index contributed by atoms with van der Waals surface area (Å²) in [6.07, 6.45) is 7.86. The first kappa shape index (κ1) is 61.4. The van der Waals surface area contributed by atoms with Crippen LogP contribution < -0.4 is 26.8 Å². The minimum atomic E-state index is -0.606. The lowest BCUT2D eigenvalue weighted by Crippen LogP contribution is -2.60. The van der Waals surface area contributed by atoms with E-state index in [1.807, 2.05) is 92.7 Å². The molecule has 0 radical (unpaired) electrons. The molecule has 81 heavy (non-hydrogen) atoms. The molecule has 0 aliphatic carbocycles. The van der Waals surface area contributed by atoms with Crippen molar-refractivity contribution in [3.8, 4) is 0 Å². The van der Waals surface area contributed by atoms with Gasteiger partial charge in [0.2, 0.25) is 17.7 Å². The number of likely N-dealkylation sites (tertiary alicyclic amines) is 2. The second-order valence-corrected chi connectivity index (χ2v) is 20.0. The third-order valence-electron chi connectivity index (χ3n) is 14.1. The van der Waals surface area contributed by atoms with Gasteiger partial charge in [-0.25, -0.2) is 4.79 Å². The summed E-state index contributed by atoms with van der Waals surface area (Å²) < 4.78 is 8.72. The number of hydrogen-bond acceptors (Lipinski definition) is 11. The number of carbonyl (C=O) groups is 8. The molecule has 8 rings (SSSR count). The Morgan fingerprint density at radius 3 is 1.74 bits per heavy atom. The van der Waals surface area contributed by atoms with Gasteiger partial charge in [0.1, 0.15) is 6.29 Å². The summed E-state index contributed by atoms with van der Waals surface area (Å²) in [4.78, 5) is 101. The average molecular weight is 1100 g/mol. The van der Waals surface area contributed by atoms with Crippen molar-refractivity contribution in [1.29, 1.82) is 0 Å². The van der Waals surface area contributed by atoms with Gasteiger partial charge < -0.3 is 35.2 Å². The van der Waals surface area contributed by atoms with E-state index in [1.54, 1.807) is 20.3 Å². The molecule has 2 saturated heterocycles. The Balaban J connectivity index is 0.000000249. The molecule has 0 saturated carbocycles. The van der Waals surface area contributed by atoms with Crippen LogP contribution >= 0.6 is 0 Å². The number of esters is 1. The summed E-state index contributed by atoms with van der Waals surface area (Å²) in [6.45, 7) is 6.73. The van der Waals surface area contributed by atoms with Gasteiger partial charge in [0.05, 0.1) is 25.2 Å². The van der Waals surface area contributed by atoms with Crippen LogP contribution in [0.15, 0.2) is 152 Å². The van der Waals surface area contributed by atoms with E-state index in [-0.39, 0.29) is 54.6 Å². The van der Waals surface area contributed by atoms with E-state index in [2.05, 4.69) is 90.7 Å². The van der Waals surface area contributed by atoms with E-state index in [0.717, 1.165) is 99.6 Å². The number of hydrazine groups is 1. The molecule has 0 spiro atoms. The molecule has 0 bridgehead atoms. The number of hydrogen-bond donors (Lipinski definition) is 5. The van der Waals surface area contributed by atoms with Crippen LogP contribution in [-0.2, 0) is 51.1 Å². The third-order valence-corrected chi connectivity index (χ3v) is 14.1. The number of amides is 6. The van der Waals surface area contributed by atoms with Crippen LogP contribution in [0.3, 0.4) is 0 Å². The Kier molecular flexibility index (Phi) is 23.6. The number of methoxy groups -OCH3 is 2. The highest BCUT2D eigenvalue weighted by molar-refractivity contribution is 5.98. The average Bonchev–Trinajstić information content (AvgIpc) is 3.61. The highest BCUT2D eigenvalue weighted by atomic mass is 16.5. The molecular formula is C64H73N7O10. The van der Waals surface area contributed by atoms with Crippen molar-refractivity contribution in [2.24, 2.45) is 0 Å². The minimum absolute atomic E-state index is 0.0738. The molecule has 17 heteroatoms. The fraction of sp³-hybridized carbons (Fsp3) is 0.312. The zero-order valence-electron chi connectivity index (χ0n) is 46.9. The summed E-state index contributed by atoms with van der Waals surface area (Å²) in [5.74, 6) is -2.04. The van der Waals surface area contributed by atoms with Crippen molar-refractivity contribution in [2.45, 2.75) is 76.4 Å². The van der Waals surface area contributed by atoms with E-state index in [9.17, 15) is 38.4 Å². The number of allylic oxidation sites excluding steroid dienone is 1. The predicted molar refractivity (Wildman–Crippen MR) is 313 cm³/mol. The summed E-state index contributed by atoms with van der Waals surface area (Å²) in [5.41, 5.74) is 10.5. The molecule has 2 heterocycles. The zero-order valence-corrected chi connectivity index (χ0v) is 46.9. The molecule has 2 fully saturated rings. The van der Waals surface area contributed by atoms with Gasteiger partial charge in [-0.15, -0.1) is 0 Å². The smallest absolute Gasteiger partial charge is 0.330 e. The maximum Gasteiger partial charge on any atom is 0.330 e. The first-order valence-corrected chi connectivity index (χ1v) is 27.0. The van der Waals surface area contributed by atoms with Gasteiger partial charge >= 0.3 is 5.97 Å². The van der Waals surface area contributed by atoms with Gasteiger partial charge in [-0.3, -0.25) is 44.4 Å². The molecule has 2 unspecified atom stereocenters. The fourth-order valence-electron chi connectivity index (χ4n) is 9.76. The van der Waals surface area contributed by atoms with Gasteiger partial charge in [-0.1, -0.05) is 115 Å². The van der Waals surface area contributed by atoms with E-state index in [1.165, 1.54) is 12.0 Å². The molecular weight excluding hydrogens is 1030 g/mol. The SMILES string of the molecule is CC(NC(=O)c1cc(C2CCN(C)CC2)ccc1CCC(=O)NNC(=O)/C=C/C=O)c1cccc2ccccc12.COC.COC(=O)/C=C/C(=O)N1CC(NC(=O)CCc2ccccc2C(=O)NC(C)c2cccc3ccccc23)C1. The van der Waals surface area contributed by atoms with Gasteiger partial charge in [-0.05, 0) is 133 Å². The first-order chi connectivity index (χ1) is 39.1. The zero-order chi connectivity index (χ0) is 58.3. The lowest BCUT2D eigenvalue weighted by Gasteiger charge is -2.39. The number of benzene rings is 6. The van der Waals surface area contributed by atoms with E-state index in [0.29, 0.717) is 49.3 Å². The number of carbonyl (C=O) groups excluding carboxylic acids is 8. The largest absolute Gasteiger partial charge is 0.466 e. The Morgan fingerprint density at radius 1 is 0.617 bits per heavy atom. The Hall–Kier alpha value is -8.80. The highest BCUT2D eigenvalue weighted by Gasteiger charge is 2.31. The number of ether oxygens (including phenoxy) is 2. The Morgan fingerprint density at radius 2 is 1.15 bits per heavy atom. The number of fused-ring (bicyclic) bond motifs is 2. The van der Waals surface area contributed by atoms with Crippen molar-refractivity contribution in [3.63, 3.8) is 0 Å². The molecule has 424 valence electrons. The molecule has 2 aliphatic heterocycles. The van der Waals surface area contributed by atoms with Gasteiger partial charge in [0.25, 0.3) is 17.7 Å². The number of nitrogens with zero attached hydrogens (tertiary/aromatic N) is 2. The molecule has 2 aliphatic rings. The molecule has 2 atom stereocenters. The van der Waals surface area contributed by atoms with Crippen molar-refractivity contribution < 1.29 is 47.8 Å². The van der Waals surface area contributed by atoms with Crippen LogP contribution in [0.1, 0.15) is 106 Å². The van der Waals surface area contributed by atoms with Crippen LogP contribution in [0.25, 0.3) is 21.5 Å². The number of rotatable bonds is 18. The Bertz CT molecular complexity index is 3220. The molecule has 6 aromatic carbocycles. The molecule has 6 aromatic rings. The summed E-state index contributed by atoms with van der Waals surface area (Å²) in [7, 11) is 6.61. The van der Waals surface area contributed by atoms with Crippen molar-refractivity contribution in [1.82, 2.24) is 36.6 Å². The van der Waals surface area contributed by atoms with Crippen molar-refractivity contribution >= 4 is 69.2 Å². The standard InChI is InChI=1S/C32H36N4O4.C30H31N3O5.C2H6O/c1-22(27-10-5-8-24-7-3-4-9-28(24)27)33-32(40)29-21-26(23-16-18-36(2)19-17-23)13-12-25(29)14-15-31(39)35-34-30(38)11-6-20-37;1-20(24-13-7-10-21-8-3-5-11-25(21)24)31-30(37)26-12-6-4-9-22(26)14-15-27(34)32-23-18-33(19-23)28(35)16-17-29(36)38-2;1-3-2/h3-13,20-23H,14-19H2,1-2H3,(H,33,40)(H,34,38)(H,35,39);3-13,16-17,20,23H,14-15,18-19H2,1-2H3,(H,31,37)(H,32,34);1-2H3/b11-6+;17-16+;. The first-order valence-electron chi connectivity index (χ1n) is 27.0. The summed E-state index contributed by atoms with van der Waals surface area (Å²) >= 11 is 0. The van der Waals surface area contributed by atoms with Crippen LogP contribution in [0.2, 0.25) is 0 Å². The number of aldehydes is 1. The fourth-order valence-corrected chi connectivity index (χ4v) is 9.76. The van der Waals surface area contributed by atoms with Crippen molar-refractivity contribution in [2.75, 3.05) is 54.6 Å². The number of nitrogens with one attached hydrogen (secondary N) is 5. The number of piperidine rings is 1. The molecule has 0 aromatic heterocycles. The van der Waals surface area contributed by atoms with Gasteiger partial charge in [-0.2, -0.15) is 0 Å². The quantitative estimate of drug-likeness (QED) is 0.0245. The second kappa shape index (κ2) is 31.1. The van der Waals surface area contributed by atoms with Gasteiger partial charge in [0.15, 0.2) is 0 Å². The van der Waals surface area contributed by atoms with E-state index < -0.39 is 17.8 Å². The summed E-state index contributed by atoms with van der Waals surface area (Å²) in [5, 5.41) is 13.6. The number of aryl methyl sites for hydroxylation is 2.